The van der Waals surface area contributed by atoms with Crippen LogP contribution in [0.1, 0.15) is 39.5 Å². The molecule has 15 heteroatoms. The summed E-state index contributed by atoms with van der Waals surface area (Å²) in [5.41, 5.74) is 16.4. The fraction of sp³-hybridized carbons (Fsp3) is 0.684. The first kappa shape index (κ1) is 30.9. The Labute approximate surface area is 202 Å². The van der Waals surface area contributed by atoms with Crippen LogP contribution in [-0.2, 0) is 24.0 Å². The van der Waals surface area contributed by atoms with E-state index in [1.165, 1.54) is 0 Å². The molecule has 0 rings (SSSR count). The molecule has 0 spiro atoms. The third kappa shape index (κ3) is 11.7. The van der Waals surface area contributed by atoms with Gasteiger partial charge in [-0.25, -0.2) is 4.79 Å². The predicted octanol–water partition coefficient (Wildman–Crippen LogP) is -2.64. The number of amides is 3. The number of carboxylic acid groups (broad SMARTS) is 2. The van der Waals surface area contributed by atoms with E-state index in [9.17, 15) is 29.1 Å². The minimum atomic E-state index is -1.71. The topological polar surface area (TPSA) is 252 Å². The first-order valence-electron chi connectivity index (χ1n) is 10.6. The summed E-state index contributed by atoms with van der Waals surface area (Å²) >= 11 is 4.07. The van der Waals surface area contributed by atoms with Gasteiger partial charge in [-0.05, 0) is 18.8 Å². The largest absolute Gasteiger partial charge is 0.481 e. The van der Waals surface area contributed by atoms with Crippen LogP contribution in [0, 0.1) is 5.92 Å². The molecule has 11 N–H and O–H groups in total. The van der Waals surface area contributed by atoms with Crippen molar-refractivity contribution in [3.05, 3.63) is 0 Å². The molecule has 34 heavy (non-hydrogen) atoms. The molecule has 0 heterocycles. The van der Waals surface area contributed by atoms with Gasteiger partial charge < -0.3 is 43.4 Å². The lowest BCUT2D eigenvalue weighted by Gasteiger charge is -2.25. The molecule has 0 fully saturated rings. The van der Waals surface area contributed by atoms with Gasteiger partial charge in [0.05, 0.1) is 12.5 Å². The number of nitrogens with one attached hydrogen (secondary N) is 3. The highest BCUT2D eigenvalue weighted by atomic mass is 32.1. The maximum absolute atomic E-state index is 12.8. The van der Waals surface area contributed by atoms with E-state index in [-0.39, 0.29) is 37.0 Å². The number of thiol groups is 1. The van der Waals surface area contributed by atoms with Gasteiger partial charge in [0.25, 0.3) is 0 Å². The maximum Gasteiger partial charge on any atom is 0.326 e. The van der Waals surface area contributed by atoms with Crippen LogP contribution in [0.2, 0.25) is 0 Å². The van der Waals surface area contributed by atoms with Gasteiger partial charge in [0.15, 0.2) is 5.96 Å². The number of carbonyl (C=O) groups excluding carboxylic acids is 3. The van der Waals surface area contributed by atoms with E-state index in [0.717, 1.165) is 0 Å². The normalized spacial score (nSPS) is 15.1. The van der Waals surface area contributed by atoms with Crippen molar-refractivity contribution in [2.45, 2.75) is 63.7 Å². The highest BCUT2D eigenvalue weighted by Crippen LogP contribution is 2.07. The van der Waals surface area contributed by atoms with Crippen molar-refractivity contribution in [2.24, 2.45) is 28.1 Å². The van der Waals surface area contributed by atoms with Crippen molar-refractivity contribution in [3.63, 3.8) is 0 Å². The lowest BCUT2D eigenvalue weighted by molar-refractivity contribution is -0.147. The van der Waals surface area contributed by atoms with E-state index < -0.39 is 60.2 Å². The van der Waals surface area contributed by atoms with Crippen LogP contribution >= 0.6 is 12.6 Å². The lowest BCUT2D eigenvalue weighted by Crippen LogP contribution is -2.58. The highest BCUT2D eigenvalue weighted by Gasteiger charge is 2.31. The fourth-order valence-corrected chi connectivity index (χ4v) is 2.92. The van der Waals surface area contributed by atoms with Gasteiger partial charge in [-0.3, -0.25) is 24.2 Å². The van der Waals surface area contributed by atoms with Crippen molar-refractivity contribution in [1.29, 1.82) is 0 Å². The molecule has 0 aromatic heterocycles. The van der Waals surface area contributed by atoms with Crippen molar-refractivity contribution in [1.82, 2.24) is 16.0 Å². The molecule has 0 saturated carbocycles. The van der Waals surface area contributed by atoms with Gasteiger partial charge in [-0.2, -0.15) is 12.6 Å². The number of aliphatic imine (C=N–C) groups is 1. The standard InChI is InChI=1S/C19H35N7O7S/c1-3-9(2)14(20)17(31)26-12(8-34)16(30)24-10(5-4-6-23-19(21)22)15(29)25-11(18(32)33)7-13(27)28/h9-12,14,34H,3-8,20H2,1-2H3,(H,24,30)(H,25,29)(H,26,31)(H,27,28)(H,32,33)(H4,21,22,23)/t9-,10-,11-,12-,14-/m0/s1. The third-order valence-electron chi connectivity index (χ3n) is 4.95. The number of nitrogens with two attached hydrogens (primary N) is 3. The Bertz CT molecular complexity index is 761. The van der Waals surface area contributed by atoms with Gasteiger partial charge in [0, 0.05) is 12.3 Å². The smallest absolute Gasteiger partial charge is 0.326 e. The minimum absolute atomic E-state index is 0.00656. The van der Waals surface area contributed by atoms with Crippen LogP contribution in [0.4, 0.5) is 0 Å². The van der Waals surface area contributed by atoms with Crippen molar-refractivity contribution in [2.75, 3.05) is 12.3 Å². The Morgan fingerprint density at radius 2 is 1.47 bits per heavy atom. The summed E-state index contributed by atoms with van der Waals surface area (Å²) in [6.07, 6.45) is 0.00112. The van der Waals surface area contributed by atoms with Crippen LogP contribution < -0.4 is 33.2 Å². The molecule has 0 unspecified atom stereocenters. The van der Waals surface area contributed by atoms with Gasteiger partial charge in [-0.1, -0.05) is 20.3 Å². The summed E-state index contributed by atoms with van der Waals surface area (Å²) in [7, 11) is 0. The predicted molar refractivity (Wildman–Crippen MR) is 127 cm³/mol. The molecule has 194 valence electrons. The second kappa shape index (κ2) is 15.7. The van der Waals surface area contributed by atoms with Crippen LogP contribution in [0.25, 0.3) is 0 Å². The average Bonchev–Trinajstić information content (AvgIpc) is 2.76. The number of carbonyl (C=O) groups is 5. The lowest BCUT2D eigenvalue weighted by atomic mass is 9.99. The zero-order valence-electron chi connectivity index (χ0n) is 19.2. The molecule has 0 radical (unpaired) electrons. The second-order valence-electron chi connectivity index (χ2n) is 7.66. The van der Waals surface area contributed by atoms with E-state index in [1.807, 2.05) is 6.92 Å². The zero-order valence-corrected chi connectivity index (χ0v) is 20.1. The second-order valence-corrected chi connectivity index (χ2v) is 8.03. The van der Waals surface area contributed by atoms with Gasteiger partial charge in [-0.15, -0.1) is 0 Å². The molecule has 5 atom stereocenters. The molecular weight excluding hydrogens is 470 g/mol. The minimum Gasteiger partial charge on any atom is -0.481 e. The SMILES string of the molecule is CC[C@H](C)[C@H](N)C(=O)N[C@@H](CS)C(=O)N[C@@H](CCCN=C(N)N)C(=O)N[C@@H](CC(=O)O)C(=O)O. The summed E-state index contributed by atoms with van der Waals surface area (Å²) in [5, 5.41) is 25.0. The number of carboxylic acids is 2. The van der Waals surface area contributed by atoms with Crippen LogP contribution in [0.15, 0.2) is 4.99 Å². The summed E-state index contributed by atoms with van der Waals surface area (Å²) in [5.74, 6) is -5.65. The summed E-state index contributed by atoms with van der Waals surface area (Å²) in [6, 6.07) is -4.96. The summed E-state index contributed by atoms with van der Waals surface area (Å²) in [6.45, 7) is 3.77. The maximum atomic E-state index is 12.8. The molecule has 0 aliphatic rings. The first-order chi connectivity index (χ1) is 15.8. The Hall–Kier alpha value is -3.07. The van der Waals surface area contributed by atoms with E-state index in [0.29, 0.717) is 6.42 Å². The molecule has 14 nitrogen and oxygen atoms in total. The Morgan fingerprint density at radius 1 is 0.941 bits per heavy atom. The van der Waals surface area contributed by atoms with Crippen molar-refractivity contribution >= 4 is 48.2 Å². The monoisotopic (exact) mass is 505 g/mol. The number of hydrogen-bond donors (Lipinski definition) is 9. The quantitative estimate of drug-likeness (QED) is 0.0456. The number of guanidine groups is 1. The van der Waals surface area contributed by atoms with Crippen molar-refractivity contribution < 1.29 is 34.2 Å². The van der Waals surface area contributed by atoms with E-state index in [2.05, 4.69) is 33.6 Å². The summed E-state index contributed by atoms with van der Waals surface area (Å²) in [4.78, 5) is 63.7. The Morgan fingerprint density at radius 3 is 1.94 bits per heavy atom. The Balaban J connectivity index is 5.46. The number of hydrogen-bond acceptors (Lipinski definition) is 8. The van der Waals surface area contributed by atoms with Crippen LogP contribution in [-0.4, -0.2) is 82.3 Å². The number of aliphatic carboxylic acids is 2. The van der Waals surface area contributed by atoms with Crippen LogP contribution in [0.3, 0.4) is 0 Å². The third-order valence-corrected chi connectivity index (χ3v) is 5.31. The molecule has 0 aromatic carbocycles. The summed E-state index contributed by atoms with van der Waals surface area (Å²) < 4.78 is 0. The van der Waals surface area contributed by atoms with Gasteiger partial charge in [0.1, 0.15) is 18.1 Å². The molecule has 0 aromatic rings. The molecule has 0 saturated heterocycles. The number of rotatable bonds is 16. The molecule has 3 amide bonds. The molecular formula is C19H35N7O7S. The number of nitrogens with zero attached hydrogens (tertiary/aromatic N) is 1. The van der Waals surface area contributed by atoms with E-state index >= 15 is 0 Å². The fourth-order valence-electron chi connectivity index (χ4n) is 2.67. The molecule has 0 bridgehead atoms. The van der Waals surface area contributed by atoms with Crippen LogP contribution in [0.5, 0.6) is 0 Å². The van der Waals surface area contributed by atoms with Gasteiger partial charge >= 0.3 is 11.9 Å². The zero-order chi connectivity index (χ0) is 26.4. The van der Waals surface area contributed by atoms with Crippen molar-refractivity contribution in [3.8, 4) is 0 Å². The molecule has 0 aliphatic carbocycles. The average molecular weight is 506 g/mol. The first-order valence-corrected chi connectivity index (χ1v) is 11.2. The van der Waals surface area contributed by atoms with E-state index in [4.69, 9.17) is 22.3 Å². The Kier molecular flexibility index (Phi) is 14.3. The van der Waals surface area contributed by atoms with Gasteiger partial charge in [0.2, 0.25) is 17.7 Å². The molecule has 0 aliphatic heterocycles. The van der Waals surface area contributed by atoms with E-state index in [1.54, 1.807) is 6.92 Å². The highest BCUT2D eigenvalue weighted by molar-refractivity contribution is 7.80.